The minimum atomic E-state index is -4.63. The van der Waals surface area contributed by atoms with Crippen LogP contribution in [0.15, 0.2) is 66.7 Å². The van der Waals surface area contributed by atoms with E-state index in [-0.39, 0.29) is 11.3 Å². The smallest absolute Gasteiger partial charge is 0.419 e. The van der Waals surface area contributed by atoms with Gasteiger partial charge in [-0.2, -0.15) is 17.5 Å². The monoisotopic (exact) mass is 540 g/mol. The van der Waals surface area contributed by atoms with E-state index in [4.69, 9.17) is 4.74 Å². The number of anilines is 2. The molecule has 0 radical (unpaired) electrons. The van der Waals surface area contributed by atoms with E-state index in [1.165, 1.54) is 34.8 Å². The molecule has 0 saturated carbocycles. The molecular weight excluding hydrogens is 513 g/mol. The number of halogens is 3. The molecule has 1 fully saturated rings. The lowest BCUT2D eigenvalue weighted by Crippen LogP contribution is -2.47. The topological polar surface area (TPSA) is 57.7 Å². The Balaban J connectivity index is 1.21. The Kier molecular flexibility index (Phi) is 7.53. The summed E-state index contributed by atoms with van der Waals surface area (Å²) in [6.07, 6.45) is -3.93. The quantitative estimate of drug-likeness (QED) is 0.314. The highest BCUT2D eigenvalue weighted by Crippen LogP contribution is 2.37. The minimum absolute atomic E-state index is 0.0846. The Morgan fingerprint density at radius 2 is 1.76 bits per heavy atom. The molecule has 1 amide bonds. The number of methoxy groups -OCH3 is 1. The maximum Gasteiger partial charge on any atom is 0.419 e. The highest BCUT2D eigenvalue weighted by atomic mass is 32.1. The fourth-order valence-corrected chi connectivity index (χ4v) is 5.48. The number of aromatic nitrogens is 1. The minimum Gasteiger partial charge on any atom is -0.496 e. The number of fused-ring (bicyclic) bond motifs is 1. The molecule has 10 heteroatoms. The van der Waals surface area contributed by atoms with Gasteiger partial charge in [0.15, 0.2) is 0 Å². The number of hydrogen-bond donors (Lipinski definition) is 1. The van der Waals surface area contributed by atoms with Gasteiger partial charge in [-0.25, -0.2) is 0 Å². The van der Waals surface area contributed by atoms with Crippen molar-refractivity contribution in [3.63, 3.8) is 0 Å². The number of benzene rings is 3. The molecule has 38 heavy (non-hydrogen) atoms. The van der Waals surface area contributed by atoms with E-state index in [0.29, 0.717) is 12.1 Å². The van der Waals surface area contributed by atoms with Crippen LogP contribution in [0.5, 0.6) is 5.75 Å². The van der Waals surface area contributed by atoms with Gasteiger partial charge in [-0.05, 0) is 59.9 Å². The van der Waals surface area contributed by atoms with Gasteiger partial charge in [0.25, 0.3) is 5.91 Å². The van der Waals surface area contributed by atoms with Crippen LogP contribution in [0.2, 0.25) is 0 Å². The van der Waals surface area contributed by atoms with Crippen molar-refractivity contribution >= 4 is 39.0 Å². The molecule has 4 aromatic rings. The maximum atomic E-state index is 13.4. The second-order valence-corrected chi connectivity index (χ2v) is 9.91. The lowest BCUT2D eigenvalue weighted by Gasteiger charge is -2.35. The van der Waals surface area contributed by atoms with Crippen LogP contribution in [0.3, 0.4) is 0 Å². The van der Waals surface area contributed by atoms with Gasteiger partial charge in [0.2, 0.25) is 0 Å². The predicted molar refractivity (Wildman–Crippen MR) is 144 cm³/mol. The molecule has 0 spiro atoms. The first-order chi connectivity index (χ1) is 18.3. The van der Waals surface area contributed by atoms with Crippen LogP contribution in [-0.4, -0.2) is 55.0 Å². The number of nitrogens with zero attached hydrogens (tertiary/aromatic N) is 3. The molecule has 198 valence electrons. The first-order valence-electron chi connectivity index (χ1n) is 12.3. The summed E-state index contributed by atoms with van der Waals surface area (Å²) < 4.78 is 50.9. The fraction of sp³-hybridized carbons (Fsp3) is 0.286. The van der Waals surface area contributed by atoms with Crippen molar-refractivity contribution in [2.24, 2.45) is 0 Å². The number of amides is 1. The number of nitrogens with one attached hydrogen (secondary N) is 1. The molecule has 3 aromatic carbocycles. The van der Waals surface area contributed by atoms with Crippen LogP contribution in [0.4, 0.5) is 24.7 Å². The second kappa shape index (κ2) is 11.0. The lowest BCUT2D eigenvalue weighted by atomic mass is 10.1. The zero-order chi connectivity index (χ0) is 26.7. The van der Waals surface area contributed by atoms with Gasteiger partial charge in [-0.3, -0.25) is 9.69 Å². The number of carbonyl (C=O) groups is 1. The van der Waals surface area contributed by atoms with E-state index in [1.807, 2.05) is 24.3 Å². The number of piperazine rings is 1. The Hall–Kier alpha value is -3.63. The Morgan fingerprint density at radius 1 is 1.03 bits per heavy atom. The van der Waals surface area contributed by atoms with E-state index in [2.05, 4.69) is 31.6 Å². The number of para-hydroxylation sites is 1. The largest absolute Gasteiger partial charge is 0.496 e. The van der Waals surface area contributed by atoms with Gasteiger partial charge in [0.1, 0.15) is 11.6 Å². The fourth-order valence-electron chi connectivity index (χ4n) is 4.69. The third-order valence-electron chi connectivity index (χ3n) is 6.76. The molecule has 1 aromatic heterocycles. The molecular formula is C28H27F3N4O2S. The third-order valence-corrected chi connectivity index (χ3v) is 7.58. The Labute approximate surface area is 222 Å². The normalized spacial score (nSPS) is 14.6. The Morgan fingerprint density at radius 3 is 2.53 bits per heavy atom. The standard InChI is InChI=1S/C28H27F3N4O2S/c1-37-24-11-10-20(18-22(24)28(29,30)31)27(36)32-23-8-4-2-6-19(23)12-13-34-14-16-35(17-15-34)26-21-7-3-5-9-25(21)38-33-26/h2-11,18H,12-17H2,1H3,(H,32,36). The van der Waals surface area contributed by atoms with Gasteiger partial charge in [0.05, 0.1) is 17.4 Å². The zero-order valence-corrected chi connectivity index (χ0v) is 21.6. The molecule has 0 aliphatic carbocycles. The first kappa shape index (κ1) is 26.0. The highest BCUT2D eigenvalue weighted by molar-refractivity contribution is 7.13. The summed E-state index contributed by atoms with van der Waals surface area (Å²) in [6.45, 7) is 4.36. The summed E-state index contributed by atoms with van der Waals surface area (Å²) in [5.74, 6) is 0.123. The SMILES string of the molecule is COc1ccc(C(=O)Nc2ccccc2CCN2CCN(c3nsc4ccccc34)CC2)cc1C(F)(F)F. The van der Waals surface area contributed by atoms with Gasteiger partial charge in [-0.15, -0.1) is 0 Å². The molecule has 1 saturated heterocycles. The number of hydrogen-bond acceptors (Lipinski definition) is 6. The number of alkyl halides is 3. The average molecular weight is 541 g/mol. The van der Waals surface area contributed by atoms with E-state index in [0.717, 1.165) is 56.2 Å². The van der Waals surface area contributed by atoms with Gasteiger partial charge in [-0.1, -0.05) is 30.3 Å². The van der Waals surface area contributed by atoms with Crippen molar-refractivity contribution in [1.82, 2.24) is 9.27 Å². The summed E-state index contributed by atoms with van der Waals surface area (Å²) in [5, 5.41) is 3.98. The van der Waals surface area contributed by atoms with Gasteiger partial charge < -0.3 is 15.0 Å². The molecule has 1 aliphatic heterocycles. The van der Waals surface area contributed by atoms with Crippen molar-refractivity contribution in [3.05, 3.63) is 83.4 Å². The molecule has 1 aliphatic rings. The lowest BCUT2D eigenvalue weighted by molar-refractivity contribution is -0.138. The van der Waals surface area contributed by atoms with Crippen LogP contribution in [0.1, 0.15) is 21.5 Å². The summed E-state index contributed by atoms with van der Waals surface area (Å²) >= 11 is 1.52. The Bertz CT molecular complexity index is 1430. The number of carbonyl (C=O) groups excluding carboxylic acids is 1. The van der Waals surface area contributed by atoms with Gasteiger partial charge in [0, 0.05) is 49.4 Å². The summed E-state index contributed by atoms with van der Waals surface area (Å²) in [7, 11) is 1.17. The second-order valence-electron chi connectivity index (χ2n) is 9.11. The first-order valence-corrected chi connectivity index (χ1v) is 13.1. The van der Waals surface area contributed by atoms with Gasteiger partial charge >= 0.3 is 6.18 Å². The number of ether oxygens (including phenoxy) is 1. The van der Waals surface area contributed by atoms with Crippen molar-refractivity contribution in [2.45, 2.75) is 12.6 Å². The zero-order valence-electron chi connectivity index (χ0n) is 20.8. The highest BCUT2D eigenvalue weighted by Gasteiger charge is 2.35. The van der Waals surface area contributed by atoms with Crippen LogP contribution in [0.25, 0.3) is 10.1 Å². The summed E-state index contributed by atoms with van der Waals surface area (Å²) in [4.78, 5) is 17.6. The molecule has 0 unspecified atom stereocenters. The molecule has 1 N–H and O–H groups in total. The molecule has 0 atom stereocenters. The van der Waals surface area contributed by atoms with Crippen LogP contribution < -0.4 is 15.0 Å². The van der Waals surface area contributed by atoms with Crippen molar-refractivity contribution in [1.29, 1.82) is 0 Å². The molecule has 5 rings (SSSR count). The van der Waals surface area contributed by atoms with Crippen molar-refractivity contribution < 1.29 is 22.7 Å². The maximum absolute atomic E-state index is 13.4. The van der Waals surface area contributed by atoms with E-state index in [9.17, 15) is 18.0 Å². The van der Waals surface area contributed by atoms with Crippen LogP contribution >= 0.6 is 11.5 Å². The third kappa shape index (κ3) is 5.61. The molecule has 6 nitrogen and oxygen atoms in total. The van der Waals surface area contributed by atoms with E-state index in [1.54, 1.807) is 12.1 Å². The molecule has 2 heterocycles. The number of rotatable bonds is 7. The van der Waals surface area contributed by atoms with Crippen LogP contribution in [0, 0.1) is 0 Å². The summed E-state index contributed by atoms with van der Waals surface area (Å²) in [5.41, 5.74) is 0.456. The molecule has 0 bridgehead atoms. The van der Waals surface area contributed by atoms with Crippen LogP contribution in [-0.2, 0) is 12.6 Å². The predicted octanol–water partition coefficient (Wildman–Crippen LogP) is 5.94. The van der Waals surface area contributed by atoms with Crippen molar-refractivity contribution in [3.8, 4) is 5.75 Å². The average Bonchev–Trinajstić information content (AvgIpc) is 3.36. The summed E-state index contributed by atoms with van der Waals surface area (Å²) in [6, 6.07) is 19.0. The van der Waals surface area contributed by atoms with E-state index >= 15 is 0 Å². The van der Waals surface area contributed by atoms with Crippen molar-refractivity contribution in [2.75, 3.05) is 50.1 Å². The van der Waals surface area contributed by atoms with E-state index < -0.39 is 17.6 Å².